The highest BCUT2D eigenvalue weighted by molar-refractivity contribution is 7.13. The second-order valence-electron chi connectivity index (χ2n) is 7.70. The first-order valence-electron chi connectivity index (χ1n) is 10.5. The number of carboxylic acids is 1. The fraction of sp³-hybridized carbons (Fsp3) is 0.417. The second-order valence-corrected chi connectivity index (χ2v) is 8.87. The molecule has 0 radical (unpaired) electrons. The van der Waals surface area contributed by atoms with Crippen molar-refractivity contribution in [3.63, 3.8) is 0 Å². The van der Waals surface area contributed by atoms with Gasteiger partial charge < -0.3 is 15.1 Å². The molecule has 1 aliphatic heterocycles. The van der Waals surface area contributed by atoms with E-state index in [1.807, 2.05) is 41.3 Å². The molecule has 0 aliphatic carbocycles. The molecule has 0 bridgehead atoms. The van der Waals surface area contributed by atoms with Gasteiger partial charge in [-0.25, -0.2) is 4.79 Å². The van der Waals surface area contributed by atoms with Gasteiger partial charge in [0.1, 0.15) is 4.88 Å². The normalized spacial score (nSPS) is 17.7. The first-order valence-corrected chi connectivity index (χ1v) is 11.4. The molecule has 0 spiro atoms. The standard InChI is InChI=1S/C24H29NO4S/c26-20(9-4-8-18-6-2-1-3-7-18)13-11-19-12-16-23(27)25(19)17-5-10-21-14-15-22(30-21)24(28)29/h1-3,6-7,11,13-15,19-20,26H,4-5,8-10,12,16-17H2,(H,28,29)/b13-11+/t19-,20+/m0/s1. The first kappa shape index (κ1) is 22.2. The molecule has 1 aromatic heterocycles. The van der Waals surface area contributed by atoms with Crippen LogP contribution >= 0.6 is 11.3 Å². The van der Waals surface area contributed by atoms with Crippen molar-refractivity contribution in [3.8, 4) is 0 Å². The SMILES string of the molecule is O=C(O)c1ccc(CCCN2C(=O)CC[C@@H]2/C=C/[C@H](O)CCCc2ccccc2)s1. The number of aliphatic hydroxyl groups excluding tert-OH is 1. The largest absolute Gasteiger partial charge is 0.477 e. The fourth-order valence-electron chi connectivity index (χ4n) is 3.81. The lowest BCUT2D eigenvalue weighted by Gasteiger charge is -2.22. The van der Waals surface area contributed by atoms with Gasteiger partial charge in [0, 0.05) is 17.8 Å². The number of aromatic carboxylic acids is 1. The fourth-order valence-corrected chi connectivity index (χ4v) is 4.70. The van der Waals surface area contributed by atoms with Crippen LogP contribution in [0.2, 0.25) is 0 Å². The van der Waals surface area contributed by atoms with Crippen molar-refractivity contribution >= 4 is 23.2 Å². The van der Waals surface area contributed by atoms with Gasteiger partial charge in [-0.05, 0) is 56.2 Å². The Bertz CT molecular complexity index is 861. The summed E-state index contributed by atoms with van der Waals surface area (Å²) >= 11 is 1.30. The molecule has 30 heavy (non-hydrogen) atoms. The van der Waals surface area contributed by atoms with Gasteiger partial charge in [0.25, 0.3) is 0 Å². The maximum atomic E-state index is 12.2. The summed E-state index contributed by atoms with van der Waals surface area (Å²) < 4.78 is 0. The third-order valence-electron chi connectivity index (χ3n) is 5.43. The van der Waals surface area contributed by atoms with Crippen LogP contribution in [0.4, 0.5) is 0 Å². The van der Waals surface area contributed by atoms with E-state index in [1.54, 1.807) is 6.07 Å². The molecule has 2 atom stereocenters. The topological polar surface area (TPSA) is 77.8 Å². The molecule has 0 saturated carbocycles. The molecular formula is C24H29NO4S. The molecule has 1 amide bonds. The number of aryl methyl sites for hydroxylation is 2. The van der Waals surface area contributed by atoms with Crippen molar-refractivity contribution in [2.45, 2.75) is 57.1 Å². The summed E-state index contributed by atoms with van der Waals surface area (Å²) in [5.74, 6) is -0.742. The van der Waals surface area contributed by atoms with E-state index in [0.717, 1.165) is 37.0 Å². The Labute approximate surface area is 181 Å². The lowest BCUT2D eigenvalue weighted by atomic mass is 10.0. The zero-order valence-electron chi connectivity index (χ0n) is 17.1. The molecule has 0 unspecified atom stereocenters. The van der Waals surface area contributed by atoms with Gasteiger partial charge in [0.2, 0.25) is 5.91 Å². The molecule has 2 aromatic rings. The number of benzene rings is 1. The number of likely N-dealkylation sites (tertiary alicyclic amines) is 1. The number of nitrogens with zero attached hydrogens (tertiary/aromatic N) is 1. The van der Waals surface area contributed by atoms with E-state index in [-0.39, 0.29) is 11.9 Å². The predicted octanol–water partition coefficient (Wildman–Crippen LogP) is 4.31. The Morgan fingerprint density at radius 2 is 1.97 bits per heavy atom. The van der Waals surface area contributed by atoms with E-state index in [0.29, 0.717) is 24.3 Å². The summed E-state index contributed by atoms with van der Waals surface area (Å²) in [5, 5.41) is 19.3. The van der Waals surface area contributed by atoms with Gasteiger partial charge >= 0.3 is 5.97 Å². The number of rotatable bonds is 11. The number of thiophene rings is 1. The molecule has 160 valence electrons. The molecule has 5 nitrogen and oxygen atoms in total. The summed E-state index contributed by atoms with van der Waals surface area (Å²) in [6.07, 6.45) is 8.78. The minimum Gasteiger partial charge on any atom is -0.477 e. The zero-order valence-corrected chi connectivity index (χ0v) is 17.9. The van der Waals surface area contributed by atoms with Crippen LogP contribution in [0.15, 0.2) is 54.6 Å². The summed E-state index contributed by atoms with van der Waals surface area (Å²) in [6.45, 7) is 0.651. The van der Waals surface area contributed by atoms with E-state index >= 15 is 0 Å². The molecule has 6 heteroatoms. The van der Waals surface area contributed by atoms with Crippen molar-refractivity contribution in [2.75, 3.05) is 6.54 Å². The van der Waals surface area contributed by atoms with E-state index in [1.165, 1.54) is 16.9 Å². The smallest absolute Gasteiger partial charge is 0.345 e. The maximum absolute atomic E-state index is 12.2. The van der Waals surface area contributed by atoms with Crippen molar-refractivity contribution in [1.82, 2.24) is 4.90 Å². The summed E-state index contributed by atoms with van der Waals surface area (Å²) in [6, 6.07) is 13.8. The molecule has 1 aliphatic rings. The number of hydrogen-bond donors (Lipinski definition) is 2. The van der Waals surface area contributed by atoms with Crippen LogP contribution in [0.5, 0.6) is 0 Å². The van der Waals surface area contributed by atoms with Crippen molar-refractivity contribution in [2.24, 2.45) is 0 Å². The predicted molar refractivity (Wildman–Crippen MR) is 119 cm³/mol. The Hall–Kier alpha value is -2.44. The molecule has 1 saturated heterocycles. The van der Waals surface area contributed by atoms with Crippen molar-refractivity contribution in [1.29, 1.82) is 0 Å². The third kappa shape index (κ3) is 6.54. The molecular weight excluding hydrogens is 398 g/mol. The van der Waals surface area contributed by atoms with Crippen molar-refractivity contribution < 1.29 is 19.8 Å². The Morgan fingerprint density at radius 1 is 1.17 bits per heavy atom. The minimum atomic E-state index is -0.895. The van der Waals surface area contributed by atoms with Crippen molar-refractivity contribution in [3.05, 3.63) is 69.9 Å². The molecule has 2 heterocycles. The van der Waals surface area contributed by atoms with Gasteiger partial charge in [-0.15, -0.1) is 11.3 Å². The number of hydrogen-bond acceptors (Lipinski definition) is 4. The van der Waals surface area contributed by atoms with E-state index in [2.05, 4.69) is 12.1 Å². The van der Waals surface area contributed by atoms with Crippen LogP contribution in [0.1, 0.15) is 52.2 Å². The minimum absolute atomic E-state index is 0.0409. The molecule has 1 fully saturated rings. The van der Waals surface area contributed by atoms with Gasteiger partial charge in [-0.3, -0.25) is 4.79 Å². The number of aliphatic hydroxyl groups is 1. The molecule has 3 rings (SSSR count). The number of carbonyl (C=O) groups is 2. The number of carboxylic acid groups (broad SMARTS) is 1. The van der Waals surface area contributed by atoms with Gasteiger partial charge in [-0.2, -0.15) is 0 Å². The van der Waals surface area contributed by atoms with E-state index in [4.69, 9.17) is 5.11 Å². The first-order chi connectivity index (χ1) is 14.5. The zero-order chi connectivity index (χ0) is 21.3. The Balaban J connectivity index is 1.42. The average Bonchev–Trinajstić information content (AvgIpc) is 3.35. The molecule has 2 N–H and O–H groups in total. The van der Waals surface area contributed by atoms with Crippen LogP contribution in [0.25, 0.3) is 0 Å². The van der Waals surface area contributed by atoms with Crippen LogP contribution in [-0.2, 0) is 17.6 Å². The second kappa shape index (κ2) is 11.1. The van der Waals surface area contributed by atoms with Gasteiger partial charge in [-0.1, -0.05) is 42.5 Å². The summed E-state index contributed by atoms with van der Waals surface area (Å²) in [7, 11) is 0. The van der Waals surface area contributed by atoms with E-state index in [9.17, 15) is 14.7 Å². The summed E-state index contributed by atoms with van der Waals surface area (Å²) in [5.41, 5.74) is 1.28. The van der Waals surface area contributed by atoms with Crippen LogP contribution < -0.4 is 0 Å². The van der Waals surface area contributed by atoms with Crippen LogP contribution in [-0.4, -0.2) is 45.7 Å². The molecule has 1 aromatic carbocycles. The van der Waals surface area contributed by atoms with Gasteiger partial charge in [0.05, 0.1) is 12.1 Å². The highest BCUT2D eigenvalue weighted by atomic mass is 32.1. The van der Waals surface area contributed by atoms with E-state index < -0.39 is 12.1 Å². The number of amides is 1. The monoisotopic (exact) mass is 427 g/mol. The van der Waals surface area contributed by atoms with Gasteiger partial charge in [0.15, 0.2) is 0 Å². The average molecular weight is 428 g/mol. The van der Waals surface area contributed by atoms with Crippen LogP contribution in [0.3, 0.4) is 0 Å². The summed E-state index contributed by atoms with van der Waals surface area (Å²) in [4.78, 5) is 26.5. The highest BCUT2D eigenvalue weighted by Gasteiger charge is 2.28. The quantitative estimate of drug-likeness (QED) is 0.524. The van der Waals surface area contributed by atoms with Crippen LogP contribution in [0, 0.1) is 0 Å². The number of carbonyl (C=O) groups excluding carboxylic acids is 1. The third-order valence-corrected chi connectivity index (χ3v) is 6.57. The Kier molecular flexibility index (Phi) is 8.22. The lowest BCUT2D eigenvalue weighted by Crippen LogP contribution is -2.33. The highest BCUT2D eigenvalue weighted by Crippen LogP contribution is 2.23. The Morgan fingerprint density at radius 3 is 2.70 bits per heavy atom. The maximum Gasteiger partial charge on any atom is 0.345 e. The lowest BCUT2D eigenvalue weighted by molar-refractivity contribution is -0.128.